The van der Waals surface area contributed by atoms with Gasteiger partial charge in [-0.3, -0.25) is 9.58 Å². The Morgan fingerprint density at radius 3 is 2.91 bits per heavy atom. The van der Waals surface area contributed by atoms with E-state index >= 15 is 0 Å². The highest BCUT2D eigenvalue weighted by Crippen LogP contribution is 2.22. The molecule has 2 aromatic rings. The Balaban J connectivity index is 1.35. The number of rotatable bonds is 7. The SMILES string of the molecule is Cc1cc(C)n(C2CN(C[C@@H](O)COCc3cccs3)C2)n1. The third-order valence-electron chi connectivity index (χ3n) is 3.93. The van der Waals surface area contributed by atoms with Crippen molar-refractivity contribution < 1.29 is 9.84 Å². The standard InChI is InChI=1S/C16H23N3O2S/c1-12-6-13(2)19(17-12)14-7-18(8-14)9-15(20)10-21-11-16-4-3-5-22-16/h3-6,14-15,20H,7-11H2,1-2H3/t15-/m1/s1. The number of β-amino-alcohol motifs (C(OH)–C–C–N with tert-alkyl or cyclic N) is 1. The molecule has 0 amide bonds. The van der Waals surface area contributed by atoms with Crippen LogP contribution in [-0.2, 0) is 11.3 Å². The highest BCUT2D eigenvalue weighted by atomic mass is 32.1. The highest BCUT2D eigenvalue weighted by Gasteiger charge is 2.30. The second-order valence-electron chi connectivity index (χ2n) is 5.99. The van der Waals surface area contributed by atoms with Gasteiger partial charge in [0.05, 0.1) is 31.1 Å². The second kappa shape index (κ2) is 6.91. The van der Waals surface area contributed by atoms with E-state index in [1.54, 1.807) is 11.3 Å². The van der Waals surface area contributed by atoms with Gasteiger partial charge in [0.25, 0.3) is 0 Å². The molecule has 1 fully saturated rings. The monoisotopic (exact) mass is 321 g/mol. The van der Waals surface area contributed by atoms with Gasteiger partial charge in [-0.25, -0.2) is 0 Å². The number of hydrogen-bond acceptors (Lipinski definition) is 5. The summed E-state index contributed by atoms with van der Waals surface area (Å²) < 4.78 is 7.66. The first kappa shape index (κ1) is 15.7. The fourth-order valence-electron chi connectivity index (χ4n) is 2.90. The van der Waals surface area contributed by atoms with Crippen molar-refractivity contribution in [3.63, 3.8) is 0 Å². The number of likely N-dealkylation sites (tertiary alicyclic amines) is 1. The Bertz CT molecular complexity index is 591. The number of nitrogens with zero attached hydrogens (tertiary/aromatic N) is 3. The summed E-state index contributed by atoms with van der Waals surface area (Å²) in [6.45, 7) is 7.65. The van der Waals surface area contributed by atoms with Crippen LogP contribution in [0.3, 0.4) is 0 Å². The molecule has 0 saturated carbocycles. The predicted molar refractivity (Wildman–Crippen MR) is 87.2 cm³/mol. The van der Waals surface area contributed by atoms with E-state index in [1.165, 1.54) is 10.6 Å². The van der Waals surface area contributed by atoms with E-state index in [0.717, 1.165) is 18.8 Å². The van der Waals surface area contributed by atoms with E-state index < -0.39 is 6.10 Å². The minimum absolute atomic E-state index is 0.388. The van der Waals surface area contributed by atoms with Crippen molar-refractivity contribution >= 4 is 11.3 Å². The molecule has 3 rings (SSSR count). The lowest BCUT2D eigenvalue weighted by atomic mass is 10.1. The molecule has 3 heterocycles. The maximum absolute atomic E-state index is 10.0. The maximum Gasteiger partial charge on any atom is 0.0900 e. The number of thiophene rings is 1. The number of aromatic nitrogens is 2. The Kier molecular flexibility index (Phi) is 4.93. The van der Waals surface area contributed by atoms with E-state index in [-0.39, 0.29) is 0 Å². The Morgan fingerprint density at radius 2 is 2.27 bits per heavy atom. The average molecular weight is 321 g/mol. The van der Waals surface area contributed by atoms with Crippen molar-refractivity contribution in [2.75, 3.05) is 26.2 Å². The minimum Gasteiger partial charge on any atom is -0.389 e. The fraction of sp³-hybridized carbons (Fsp3) is 0.562. The Morgan fingerprint density at radius 1 is 1.45 bits per heavy atom. The summed E-state index contributed by atoms with van der Waals surface area (Å²) in [5, 5.41) is 16.6. The van der Waals surface area contributed by atoms with Crippen LogP contribution in [0.25, 0.3) is 0 Å². The molecule has 22 heavy (non-hydrogen) atoms. The first-order chi connectivity index (χ1) is 10.6. The van der Waals surface area contributed by atoms with E-state index in [0.29, 0.717) is 25.8 Å². The topological polar surface area (TPSA) is 50.5 Å². The summed E-state index contributed by atoms with van der Waals surface area (Å²) in [4.78, 5) is 3.45. The lowest BCUT2D eigenvalue weighted by molar-refractivity contribution is -0.0131. The summed E-state index contributed by atoms with van der Waals surface area (Å²) in [7, 11) is 0. The summed E-state index contributed by atoms with van der Waals surface area (Å²) in [5.74, 6) is 0. The van der Waals surface area contributed by atoms with Gasteiger partial charge < -0.3 is 9.84 Å². The van der Waals surface area contributed by atoms with Crippen molar-refractivity contribution in [1.29, 1.82) is 0 Å². The second-order valence-corrected chi connectivity index (χ2v) is 7.02. The molecule has 120 valence electrons. The molecule has 0 bridgehead atoms. The Labute approximate surface area is 135 Å². The quantitative estimate of drug-likeness (QED) is 0.847. The molecule has 1 aliphatic rings. The zero-order valence-electron chi connectivity index (χ0n) is 13.1. The van der Waals surface area contributed by atoms with Gasteiger partial charge in [-0.05, 0) is 31.4 Å². The van der Waals surface area contributed by atoms with Crippen LogP contribution < -0.4 is 0 Å². The van der Waals surface area contributed by atoms with Gasteiger partial charge in [0.15, 0.2) is 0 Å². The van der Waals surface area contributed by atoms with Crippen molar-refractivity contribution in [2.45, 2.75) is 32.6 Å². The number of ether oxygens (including phenoxy) is 1. The molecule has 1 atom stereocenters. The van der Waals surface area contributed by atoms with Gasteiger partial charge in [-0.2, -0.15) is 5.10 Å². The molecule has 2 aromatic heterocycles. The van der Waals surface area contributed by atoms with Gasteiger partial charge in [-0.15, -0.1) is 11.3 Å². The normalized spacial score (nSPS) is 17.6. The zero-order chi connectivity index (χ0) is 15.5. The molecule has 1 saturated heterocycles. The largest absolute Gasteiger partial charge is 0.389 e. The molecule has 5 nitrogen and oxygen atoms in total. The molecule has 0 aliphatic carbocycles. The predicted octanol–water partition coefficient (Wildman–Crippen LogP) is 2.00. The zero-order valence-corrected chi connectivity index (χ0v) is 13.9. The number of aliphatic hydroxyl groups is 1. The average Bonchev–Trinajstić information content (AvgIpc) is 3.03. The molecular formula is C16H23N3O2S. The van der Waals surface area contributed by atoms with Gasteiger partial charge in [0.2, 0.25) is 0 Å². The van der Waals surface area contributed by atoms with Crippen molar-refractivity contribution in [1.82, 2.24) is 14.7 Å². The molecule has 0 spiro atoms. The first-order valence-corrected chi connectivity index (χ1v) is 8.53. The lowest BCUT2D eigenvalue weighted by Gasteiger charge is -2.40. The van der Waals surface area contributed by atoms with Crippen molar-refractivity contribution in [3.8, 4) is 0 Å². The van der Waals surface area contributed by atoms with E-state index in [2.05, 4.69) is 27.7 Å². The molecule has 1 aliphatic heterocycles. The van der Waals surface area contributed by atoms with Crippen LogP contribution in [0.4, 0.5) is 0 Å². The molecular weight excluding hydrogens is 298 g/mol. The first-order valence-electron chi connectivity index (χ1n) is 7.65. The summed E-state index contributed by atoms with van der Waals surface area (Å²) >= 11 is 1.68. The number of aryl methyl sites for hydroxylation is 2. The smallest absolute Gasteiger partial charge is 0.0900 e. The lowest BCUT2D eigenvalue weighted by Crippen LogP contribution is -2.51. The summed E-state index contributed by atoms with van der Waals surface area (Å²) in [5.41, 5.74) is 2.28. The molecule has 0 radical (unpaired) electrons. The van der Waals surface area contributed by atoms with Gasteiger partial charge in [0.1, 0.15) is 0 Å². The van der Waals surface area contributed by atoms with Gasteiger partial charge >= 0.3 is 0 Å². The number of aliphatic hydroxyl groups excluding tert-OH is 1. The minimum atomic E-state index is -0.429. The van der Waals surface area contributed by atoms with Crippen LogP contribution >= 0.6 is 11.3 Å². The van der Waals surface area contributed by atoms with Gasteiger partial charge in [-0.1, -0.05) is 6.07 Å². The van der Waals surface area contributed by atoms with E-state index in [9.17, 15) is 5.11 Å². The van der Waals surface area contributed by atoms with Crippen LogP contribution in [0.1, 0.15) is 22.3 Å². The highest BCUT2D eigenvalue weighted by molar-refractivity contribution is 7.09. The summed E-state index contributed by atoms with van der Waals surface area (Å²) in [6, 6.07) is 6.60. The molecule has 1 N–H and O–H groups in total. The van der Waals surface area contributed by atoms with Crippen LogP contribution in [0, 0.1) is 13.8 Å². The van der Waals surface area contributed by atoms with Crippen molar-refractivity contribution in [2.24, 2.45) is 0 Å². The van der Waals surface area contributed by atoms with Crippen LogP contribution in [0.15, 0.2) is 23.6 Å². The molecule has 6 heteroatoms. The molecule has 0 aromatic carbocycles. The molecule has 0 unspecified atom stereocenters. The Hall–Kier alpha value is -1.21. The van der Waals surface area contributed by atoms with E-state index in [1.807, 2.05) is 24.4 Å². The van der Waals surface area contributed by atoms with Crippen molar-refractivity contribution in [3.05, 3.63) is 39.8 Å². The third kappa shape index (κ3) is 3.76. The third-order valence-corrected chi connectivity index (χ3v) is 4.78. The maximum atomic E-state index is 10.0. The fourth-order valence-corrected chi connectivity index (χ4v) is 3.54. The number of hydrogen-bond donors (Lipinski definition) is 1. The van der Waals surface area contributed by atoms with E-state index in [4.69, 9.17) is 4.74 Å². The van der Waals surface area contributed by atoms with Gasteiger partial charge in [0, 0.05) is 30.2 Å². The van der Waals surface area contributed by atoms with Crippen LogP contribution in [-0.4, -0.2) is 52.1 Å². The van der Waals surface area contributed by atoms with Crippen LogP contribution in [0.5, 0.6) is 0 Å². The summed E-state index contributed by atoms with van der Waals surface area (Å²) in [6.07, 6.45) is -0.429. The van der Waals surface area contributed by atoms with Crippen LogP contribution in [0.2, 0.25) is 0 Å².